The van der Waals surface area contributed by atoms with Gasteiger partial charge in [-0.25, -0.2) is 0 Å². The van der Waals surface area contributed by atoms with Crippen molar-refractivity contribution in [1.29, 1.82) is 0 Å². The molecule has 2 aromatic rings. The number of fused-ring (bicyclic) bond motifs is 1. The van der Waals surface area contributed by atoms with Crippen LogP contribution in [0.3, 0.4) is 0 Å². The normalized spacial score (nSPS) is 17.5. The number of aliphatic imine (C=N–C) groups is 1. The van der Waals surface area contributed by atoms with Gasteiger partial charge >= 0.3 is 0 Å². The average Bonchev–Trinajstić information content (AvgIpc) is 3.10. The first-order valence-corrected chi connectivity index (χ1v) is 8.97. The third-order valence-corrected chi connectivity index (χ3v) is 5.03. The number of hydrogen-bond donors (Lipinski definition) is 1. The number of halogens is 1. The minimum absolute atomic E-state index is 0.553. The van der Waals surface area contributed by atoms with Crippen molar-refractivity contribution >= 4 is 17.6 Å². The Hall–Kier alpha value is -2.02. The Kier molecular flexibility index (Phi) is 5.32. The monoisotopic (exact) mass is 363 g/mol. The molecule has 0 radical (unpaired) electrons. The number of rotatable bonds is 4. The van der Waals surface area contributed by atoms with Gasteiger partial charge in [-0.3, -0.25) is 4.99 Å². The third-order valence-electron chi connectivity index (χ3n) is 4.83. The van der Waals surface area contributed by atoms with Gasteiger partial charge in [-0.2, -0.15) is 0 Å². The van der Waals surface area contributed by atoms with Gasteiger partial charge in [-0.05, 0) is 25.3 Å². The fourth-order valence-electron chi connectivity index (χ4n) is 3.36. The van der Waals surface area contributed by atoms with E-state index >= 15 is 0 Å². The lowest BCUT2D eigenvalue weighted by Crippen LogP contribution is -2.42. The van der Waals surface area contributed by atoms with Crippen LogP contribution in [0.4, 0.5) is 0 Å². The van der Waals surface area contributed by atoms with Crippen molar-refractivity contribution in [1.82, 2.24) is 29.5 Å². The minimum atomic E-state index is 0.553. The van der Waals surface area contributed by atoms with E-state index in [2.05, 4.69) is 30.0 Å². The smallest absolute Gasteiger partial charge is 0.193 e. The zero-order valence-corrected chi connectivity index (χ0v) is 16.1. The van der Waals surface area contributed by atoms with Gasteiger partial charge in [-0.1, -0.05) is 11.6 Å². The summed E-state index contributed by atoms with van der Waals surface area (Å²) in [4.78, 5) is 6.53. The Morgan fingerprint density at radius 3 is 2.96 bits per heavy atom. The Labute approximate surface area is 153 Å². The van der Waals surface area contributed by atoms with E-state index in [4.69, 9.17) is 11.6 Å². The number of nitrogens with one attached hydrogen (secondary N) is 1. The Bertz CT molecular complexity index is 761. The molecule has 0 spiro atoms. The molecule has 0 fully saturated rings. The van der Waals surface area contributed by atoms with E-state index in [0.717, 1.165) is 60.8 Å². The summed E-state index contributed by atoms with van der Waals surface area (Å²) in [5.74, 6) is 3.55. The maximum atomic E-state index is 6.07. The number of aromatic nitrogens is 4. The van der Waals surface area contributed by atoms with Crippen molar-refractivity contribution in [3.8, 4) is 0 Å². The highest BCUT2D eigenvalue weighted by atomic mass is 35.5. The van der Waals surface area contributed by atoms with Gasteiger partial charge in [0.2, 0.25) is 0 Å². The molecule has 0 saturated heterocycles. The molecule has 0 bridgehead atoms. The molecule has 3 rings (SSSR count). The number of nitrogens with zero attached hydrogens (tertiary/aromatic N) is 6. The van der Waals surface area contributed by atoms with Crippen LogP contribution in [-0.4, -0.2) is 50.8 Å². The molecule has 0 amide bonds. The van der Waals surface area contributed by atoms with Gasteiger partial charge in [0.15, 0.2) is 5.96 Å². The van der Waals surface area contributed by atoms with Crippen LogP contribution in [-0.2, 0) is 26.6 Å². The third kappa shape index (κ3) is 3.98. The van der Waals surface area contributed by atoms with E-state index < -0.39 is 0 Å². The molecule has 1 aliphatic rings. The zero-order chi connectivity index (χ0) is 18.0. The van der Waals surface area contributed by atoms with E-state index in [1.54, 1.807) is 0 Å². The van der Waals surface area contributed by atoms with E-state index in [1.165, 1.54) is 0 Å². The van der Waals surface area contributed by atoms with Gasteiger partial charge in [0.25, 0.3) is 0 Å². The highest BCUT2D eigenvalue weighted by Crippen LogP contribution is 2.19. The highest BCUT2D eigenvalue weighted by Gasteiger charge is 2.22. The molecule has 0 aromatic carbocycles. The van der Waals surface area contributed by atoms with Crippen molar-refractivity contribution < 1.29 is 0 Å². The van der Waals surface area contributed by atoms with Crippen molar-refractivity contribution in [2.75, 3.05) is 20.6 Å². The molecular formula is C17H26ClN7. The largest absolute Gasteiger partial charge is 0.356 e. The summed E-state index contributed by atoms with van der Waals surface area (Å²) in [5, 5.41) is 12.7. The van der Waals surface area contributed by atoms with Gasteiger partial charge < -0.3 is 19.4 Å². The maximum absolute atomic E-state index is 6.07. The quantitative estimate of drug-likeness (QED) is 0.665. The van der Waals surface area contributed by atoms with Crippen molar-refractivity contribution in [2.45, 2.75) is 32.9 Å². The van der Waals surface area contributed by atoms with Crippen LogP contribution < -0.4 is 5.32 Å². The first-order valence-electron chi connectivity index (χ1n) is 8.59. The second-order valence-electron chi connectivity index (χ2n) is 6.72. The van der Waals surface area contributed by atoms with Gasteiger partial charge in [-0.15, -0.1) is 10.2 Å². The highest BCUT2D eigenvalue weighted by molar-refractivity contribution is 6.30. The van der Waals surface area contributed by atoms with E-state index in [-0.39, 0.29) is 0 Å². The summed E-state index contributed by atoms with van der Waals surface area (Å²) in [6.07, 6.45) is 4.03. The van der Waals surface area contributed by atoms with E-state index in [0.29, 0.717) is 5.92 Å². The number of aryl methyl sites for hydroxylation is 3. The fourth-order valence-corrected chi connectivity index (χ4v) is 3.63. The molecule has 3 heterocycles. The van der Waals surface area contributed by atoms with Crippen LogP contribution in [0, 0.1) is 12.8 Å². The van der Waals surface area contributed by atoms with E-state index in [1.807, 2.05) is 44.9 Å². The molecule has 1 unspecified atom stereocenters. The molecule has 1 N–H and O–H groups in total. The lowest BCUT2D eigenvalue weighted by Gasteiger charge is -2.27. The first kappa shape index (κ1) is 17.8. The zero-order valence-electron chi connectivity index (χ0n) is 15.3. The SMILES string of the molecule is CN=C(NCC1CCc2nnc(C)n2C1)N(C)Cc1cc(Cl)cn1C. The molecular weight excluding hydrogens is 338 g/mol. The van der Waals surface area contributed by atoms with E-state index in [9.17, 15) is 0 Å². The predicted octanol–water partition coefficient (Wildman–Crippen LogP) is 1.85. The summed E-state index contributed by atoms with van der Waals surface area (Å²) in [6.45, 7) is 4.63. The number of guanidine groups is 1. The van der Waals surface area contributed by atoms with Crippen LogP contribution in [0.5, 0.6) is 0 Å². The number of hydrogen-bond acceptors (Lipinski definition) is 3. The fraction of sp³-hybridized carbons (Fsp3) is 0.588. The van der Waals surface area contributed by atoms with Gasteiger partial charge in [0.1, 0.15) is 11.6 Å². The second-order valence-corrected chi connectivity index (χ2v) is 7.16. The Balaban J connectivity index is 1.56. The minimum Gasteiger partial charge on any atom is -0.356 e. The Morgan fingerprint density at radius 2 is 2.28 bits per heavy atom. The molecule has 0 saturated carbocycles. The van der Waals surface area contributed by atoms with Crippen molar-refractivity contribution in [2.24, 2.45) is 18.0 Å². The van der Waals surface area contributed by atoms with Crippen LogP contribution in [0.15, 0.2) is 17.3 Å². The average molecular weight is 364 g/mol. The maximum Gasteiger partial charge on any atom is 0.193 e. The summed E-state index contributed by atoms with van der Waals surface area (Å²) < 4.78 is 4.28. The topological polar surface area (TPSA) is 63.3 Å². The molecule has 1 aliphatic heterocycles. The van der Waals surface area contributed by atoms with Crippen molar-refractivity contribution in [3.63, 3.8) is 0 Å². The summed E-state index contributed by atoms with van der Waals surface area (Å²) in [7, 11) is 5.87. The lowest BCUT2D eigenvalue weighted by molar-refractivity contribution is 0.352. The van der Waals surface area contributed by atoms with Crippen LogP contribution in [0.25, 0.3) is 0 Å². The molecule has 0 aliphatic carbocycles. The van der Waals surface area contributed by atoms with Crippen LogP contribution in [0.1, 0.15) is 23.8 Å². The second kappa shape index (κ2) is 7.47. The van der Waals surface area contributed by atoms with Gasteiger partial charge in [0, 0.05) is 52.5 Å². The molecule has 2 aromatic heterocycles. The molecule has 7 nitrogen and oxygen atoms in total. The lowest BCUT2D eigenvalue weighted by atomic mass is 9.99. The van der Waals surface area contributed by atoms with Crippen LogP contribution in [0.2, 0.25) is 5.02 Å². The molecule has 8 heteroatoms. The molecule has 1 atom stereocenters. The molecule has 25 heavy (non-hydrogen) atoms. The van der Waals surface area contributed by atoms with Gasteiger partial charge in [0.05, 0.1) is 11.6 Å². The summed E-state index contributed by atoms with van der Waals surface area (Å²) in [6, 6.07) is 1.99. The van der Waals surface area contributed by atoms with Crippen molar-refractivity contribution in [3.05, 3.63) is 34.6 Å². The molecule has 136 valence electrons. The first-order chi connectivity index (χ1) is 12.0. The summed E-state index contributed by atoms with van der Waals surface area (Å²) >= 11 is 6.07. The summed E-state index contributed by atoms with van der Waals surface area (Å²) in [5.41, 5.74) is 1.15. The standard InChI is InChI=1S/C17H26ClN7/c1-12-21-22-16-6-5-13(9-25(12)16)8-20-17(19-2)24(4)11-15-7-14(18)10-23(15)3/h7,10,13H,5-6,8-9,11H2,1-4H3,(H,19,20). The predicted molar refractivity (Wildman–Crippen MR) is 99.8 cm³/mol. The Morgan fingerprint density at radius 1 is 1.48 bits per heavy atom. The van der Waals surface area contributed by atoms with Crippen LogP contribution >= 0.6 is 11.6 Å².